The zero-order chi connectivity index (χ0) is 28.1. The van der Waals surface area contributed by atoms with Crippen LogP contribution in [0.2, 0.25) is 0 Å². The van der Waals surface area contributed by atoms with E-state index in [1.807, 2.05) is 38.1 Å². The summed E-state index contributed by atoms with van der Waals surface area (Å²) in [5.41, 5.74) is 3.83. The minimum atomic E-state index is -0.264. The molecule has 0 atom stereocenters. The molecule has 202 valence electrons. The smallest absolute Gasteiger partial charge is 0.282 e. The monoisotopic (exact) mass is 589 g/mol. The molecule has 0 aliphatic carbocycles. The first-order valence-electron chi connectivity index (χ1n) is 12.7. The molecular formula is C31H32BrN3O4. The summed E-state index contributed by atoms with van der Waals surface area (Å²) in [7, 11) is 1.57. The van der Waals surface area contributed by atoms with Gasteiger partial charge in [0.05, 0.1) is 30.8 Å². The highest BCUT2D eigenvalue weighted by Crippen LogP contribution is 2.35. The van der Waals surface area contributed by atoms with Crippen molar-refractivity contribution in [1.82, 2.24) is 9.66 Å². The minimum absolute atomic E-state index is 0.209. The molecule has 0 radical (unpaired) electrons. The summed E-state index contributed by atoms with van der Waals surface area (Å²) in [5.74, 6) is 2.60. The van der Waals surface area contributed by atoms with Crippen LogP contribution < -0.4 is 19.8 Å². The molecule has 0 aliphatic rings. The molecule has 4 rings (SSSR count). The van der Waals surface area contributed by atoms with Gasteiger partial charge in [0.1, 0.15) is 12.4 Å². The third-order valence-corrected chi connectivity index (χ3v) is 6.91. The third kappa shape index (κ3) is 5.91. The van der Waals surface area contributed by atoms with Crippen molar-refractivity contribution >= 4 is 33.0 Å². The second-order valence-electron chi connectivity index (χ2n) is 9.23. The lowest BCUT2D eigenvalue weighted by Gasteiger charge is -2.18. The lowest BCUT2D eigenvalue weighted by molar-refractivity contribution is 0.326. The zero-order valence-corrected chi connectivity index (χ0v) is 24.4. The Labute approximate surface area is 236 Å². The van der Waals surface area contributed by atoms with E-state index < -0.39 is 0 Å². The van der Waals surface area contributed by atoms with Crippen molar-refractivity contribution in [3.05, 3.63) is 92.7 Å². The molecule has 39 heavy (non-hydrogen) atoms. The van der Waals surface area contributed by atoms with Crippen LogP contribution in [0.5, 0.6) is 17.2 Å². The summed E-state index contributed by atoms with van der Waals surface area (Å²) >= 11 is 3.59. The molecule has 0 saturated heterocycles. The second-order valence-corrected chi connectivity index (χ2v) is 10.1. The molecule has 8 heteroatoms. The molecule has 0 amide bonds. The van der Waals surface area contributed by atoms with E-state index in [0.717, 1.165) is 26.9 Å². The number of ether oxygens (including phenoxy) is 3. The van der Waals surface area contributed by atoms with E-state index in [2.05, 4.69) is 47.5 Å². The molecule has 0 aliphatic heterocycles. The predicted octanol–water partition coefficient (Wildman–Crippen LogP) is 7.11. The van der Waals surface area contributed by atoms with Crippen molar-refractivity contribution in [2.75, 3.05) is 20.3 Å². The number of hydrogen-bond acceptors (Lipinski definition) is 6. The standard InChI is InChI=1S/C31H32BrN3O4/c1-7-13-39-29-17-25(32)21(15-28(29)37-6)18-33-35-30(34-26-12-10-9-11-22(26)31(35)36)24-16-23(19(3)4)27(38-8-2)14-20(24)5/h7,9-12,14-19H,1,8,13H2,2-6H3. The first-order valence-corrected chi connectivity index (χ1v) is 13.5. The van der Waals surface area contributed by atoms with Gasteiger partial charge in [-0.05, 0) is 83.2 Å². The maximum atomic E-state index is 13.7. The SMILES string of the molecule is C=CCOc1cc(Br)c(C=Nn2c(-c3cc(C(C)C)c(OCC)cc3C)nc3ccccc3c2=O)cc1OC. The van der Waals surface area contributed by atoms with Gasteiger partial charge in [-0.15, -0.1) is 0 Å². The highest BCUT2D eigenvalue weighted by Gasteiger charge is 2.19. The summed E-state index contributed by atoms with van der Waals surface area (Å²) in [6.45, 7) is 12.8. The van der Waals surface area contributed by atoms with Crippen LogP contribution in [-0.4, -0.2) is 36.2 Å². The van der Waals surface area contributed by atoms with Gasteiger partial charge in [0.15, 0.2) is 17.3 Å². The first-order chi connectivity index (χ1) is 18.8. The highest BCUT2D eigenvalue weighted by atomic mass is 79.9. The van der Waals surface area contributed by atoms with E-state index in [9.17, 15) is 4.79 Å². The lowest BCUT2D eigenvalue weighted by Crippen LogP contribution is -2.21. The van der Waals surface area contributed by atoms with Crippen molar-refractivity contribution < 1.29 is 14.2 Å². The van der Waals surface area contributed by atoms with E-state index in [-0.39, 0.29) is 11.5 Å². The number of nitrogens with zero attached hydrogens (tertiary/aromatic N) is 3. The van der Waals surface area contributed by atoms with Gasteiger partial charge in [-0.25, -0.2) is 4.98 Å². The van der Waals surface area contributed by atoms with Gasteiger partial charge in [-0.3, -0.25) is 4.79 Å². The molecule has 0 N–H and O–H groups in total. The van der Waals surface area contributed by atoms with Crippen molar-refractivity contribution in [3.8, 4) is 28.6 Å². The number of fused-ring (bicyclic) bond motifs is 1. The van der Waals surface area contributed by atoms with E-state index >= 15 is 0 Å². The fraction of sp³-hybridized carbons (Fsp3) is 0.258. The summed E-state index contributed by atoms with van der Waals surface area (Å²) < 4.78 is 19.2. The normalized spacial score (nSPS) is 11.4. The molecule has 0 spiro atoms. The Bertz CT molecular complexity index is 1610. The Morgan fingerprint density at radius 1 is 1.10 bits per heavy atom. The van der Waals surface area contributed by atoms with Crippen LogP contribution in [0.25, 0.3) is 22.3 Å². The molecule has 3 aromatic carbocycles. The maximum absolute atomic E-state index is 13.7. The Kier molecular flexibility index (Phi) is 8.86. The summed E-state index contributed by atoms with van der Waals surface area (Å²) in [6, 6.07) is 14.9. The molecule has 1 heterocycles. The minimum Gasteiger partial charge on any atom is -0.494 e. The maximum Gasteiger partial charge on any atom is 0.282 e. The molecule has 7 nitrogen and oxygen atoms in total. The number of methoxy groups -OCH3 is 1. The lowest BCUT2D eigenvalue weighted by atomic mass is 9.96. The van der Waals surface area contributed by atoms with Gasteiger partial charge in [-0.2, -0.15) is 9.78 Å². The van der Waals surface area contributed by atoms with Crippen molar-refractivity contribution in [3.63, 3.8) is 0 Å². The molecule has 0 fully saturated rings. The van der Waals surface area contributed by atoms with E-state index in [4.69, 9.17) is 19.2 Å². The van der Waals surface area contributed by atoms with E-state index in [1.165, 1.54) is 4.68 Å². The van der Waals surface area contributed by atoms with Crippen molar-refractivity contribution in [1.29, 1.82) is 0 Å². The van der Waals surface area contributed by atoms with Gasteiger partial charge in [0, 0.05) is 15.6 Å². The highest BCUT2D eigenvalue weighted by molar-refractivity contribution is 9.10. The quantitative estimate of drug-likeness (QED) is 0.145. The largest absolute Gasteiger partial charge is 0.494 e. The zero-order valence-electron chi connectivity index (χ0n) is 22.8. The molecular weight excluding hydrogens is 558 g/mol. The Balaban J connectivity index is 1.93. The van der Waals surface area contributed by atoms with Crippen LogP contribution in [0.1, 0.15) is 43.4 Å². The number of benzene rings is 3. The fourth-order valence-corrected chi connectivity index (χ4v) is 4.69. The van der Waals surface area contributed by atoms with Gasteiger partial charge < -0.3 is 14.2 Å². The number of rotatable bonds is 10. The van der Waals surface area contributed by atoms with Gasteiger partial charge in [-0.1, -0.05) is 38.6 Å². The Morgan fingerprint density at radius 2 is 1.87 bits per heavy atom. The van der Waals surface area contributed by atoms with Crippen LogP contribution in [0, 0.1) is 6.92 Å². The topological polar surface area (TPSA) is 74.9 Å². The Morgan fingerprint density at radius 3 is 2.56 bits per heavy atom. The molecule has 0 bridgehead atoms. The molecule has 1 aromatic heterocycles. The summed E-state index contributed by atoms with van der Waals surface area (Å²) in [4.78, 5) is 18.6. The number of aryl methyl sites for hydroxylation is 1. The van der Waals surface area contributed by atoms with Crippen molar-refractivity contribution in [2.45, 2.75) is 33.6 Å². The van der Waals surface area contributed by atoms with Gasteiger partial charge in [0.2, 0.25) is 0 Å². The second kappa shape index (κ2) is 12.3. The van der Waals surface area contributed by atoms with Crippen molar-refractivity contribution in [2.24, 2.45) is 5.10 Å². The number of para-hydroxylation sites is 1. The molecule has 4 aromatic rings. The van der Waals surface area contributed by atoms with Crippen LogP contribution in [0.15, 0.2) is 75.6 Å². The van der Waals surface area contributed by atoms with Crippen LogP contribution >= 0.6 is 15.9 Å². The van der Waals surface area contributed by atoms with Crippen LogP contribution in [0.3, 0.4) is 0 Å². The number of halogens is 1. The number of aromatic nitrogens is 2. The Hall–Kier alpha value is -3.91. The van der Waals surface area contributed by atoms with E-state index in [1.54, 1.807) is 37.6 Å². The fourth-order valence-electron chi connectivity index (χ4n) is 4.27. The molecule has 0 saturated carbocycles. The first kappa shape index (κ1) is 28.1. The van der Waals surface area contributed by atoms with Gasteiger partial charge in [0.25, 0.3) is 5.56 Å². The average molecular weight is 591 g/mol. The number of hydrogen-bond donors (Lipinski definition) is 0. The van der Waals surface area contributed by atoms with E-state index in [0.29, 0.717) is 47.0 Å². The predicted molar refractivity (Wildman–Crippen MR) is 161 cm³/mol. The third-order valence-electron chi connectivity index (χ3n) is 6.23. The molecule has 0 unspecified atom stereocenters. The van der Waals surface area contributed by atoms with Crippen LogP contribution in [-0.2, 0) is 0 Å². The van der Waals surface area contributed by atoms with Gasteiger partial charge >= 0.3 is 0 Å². The van der Waals surface area contributed by atoms with Crippen LogP contribution in [0.4, 0.5) is 0 Å². The summed E-state index contributed by atoms with van der Waals surface area (Å²) in [6.07, 6.45) is 3.27. The summed E-state index contributed by atoms with van der Waals surface area (Å²) in [5, 5.41) is 5.13. The average Bonchev–Trinajstić information content (AvgIpc) is 2.92.